The van der Waals surface area contributed by atoms with Crippen molar-refractivity contribution >= 4 is 11.7 Å². The molecule has 0 aliphatic carbocycles. The Morgan fingerprint density at radius 1 is 1.45 bits per heavy atom. The largest absolute Gasteiger partial charge is 0.484 e. The molecule has 1 aromatic rings. The Labute approximate surface area is 117 Å². The molecule has 0 fully saturated rings. The second kappa shape index (κ2) is 6.85. The molecule has 1 N–H and O–H groups in total. The number of hydrogen-bond acceptors (Lipinski definition) is 6. The summed E-state index contributed by atoms with van der Waals surface area (Å²) in [7, 11) is 1.28. The SMILES string of the molecule is CCNC(C)(COc1ccccc1[N+](=O)[O-])C(=O)OC. The number of carbonyl (C=O) groups excluding carboxylic acids is 1. The number of rotatable bonds is 7. The highest BCUT2D eigenvalue weighted by molar-refractivity contribution is 5.80. The lowest BCUT2D eigenvalue weighted by molar-refractivity contribution is -0.385. The fraction of sp³-hybridized carbons (Fsp3) is 0.462. The van der Waals surface area contributed by atoms with Crippen LogP contribution in [0.1, 0.15) is 13.8 Å². The molecule has 1 rings (SSSR count). The van der Waals surface area contributed by atoms with Gasteiger partial charge in [0.05, 0.1) is 12.0 Å². The zero-order valence-electron chi connectivity index (χ0n) is 11.7. The Morgan fingerprint density at radius 2 is 2.10 bits per heavy atom. The van der Waals surface area contributed by atoms with Gasteiger partial charge in [0.25, 0.3) is 0 Å². The average Bonchev–Trinajstić information content (AvgIpc) is 2.44. The van der Waals surface area contributed by atoms with E-state index in [0.717, 1.165) is 0 Å². The van der Waals surface area contributed by atoms with Gasteiger partial charge in [0.15, 0.2) is 5.75 Å². The third-order valence-electron chi connectivity index (χ3n) is 2.78. The molecule has 0 saturated carbocycles. The van der Waals surface area contributed by atoms with Crippen LogP contribution in [0.2, 0.25) is 0 Å². The highest BCUT2D eigenvalue weighted by atomic mass is 16.6. The van der Waals surface area contributed by atoms with Crippen LogP contribution in [-0.4, -0.2) is 36.7 Å². The van der Waals surface area contributed by atoms with Crippen molar-refractivity contribution in [3.05, 3.63) is 34.4 Å². The summed E-state index contributed by atoms with van der Waals surface area (Å²) in [4.78, 5) is 22.1. The fourth-order valence-corrected chi connectivity index (χ4v) is 1.75. The van der Waals surface area contributed by atoms with Crippen LogP contribution in [0.5, 0.6) is 5.75 Å². The van der Waals surface area contributed by atoms with E-state index in [1.54, 1.807) is 19.1 Å². The van der Waals surface area contributed by atoms with Crippen LogP contribution in [0, 0.1) is 10.1 Å². The van der Waals surface area contributed by atoms with Gasteiger partial charge in [-0.2, -0.15) is 0 Å². The first-order valence-corrected chi connectivity index (χ1v) is 6.14. The number of esters is 1. The minimum absolute atomic E-state index is 0.0711. The molecule has 0 spiro atoms. The van der Waals surface area contributed by atoms with Gasteiger partial charge in [-0.05, 0) is 19.5 Å². The third kappa shape index (κ3) is 3.67. The van der Waals surface area contributed by atoms with E-state index < -0.39 is 16.4 Å². The van der Waals surface area contributed by atoms with E-state index in [4.69, 9.17) is 9.47 Å². The number of nitro groups is 1. The fourth-order valence-electron chi connectivity index (χ4n) is 1.75. The Hall–Kier alpha value is -2.15. The van der Waals surface area contributed by atoms with Gasteiger partial charge in [0, 0.05) is 6.07 Å². The lowest BCUT2D eigenvalue weighted by Gasteiger charge is -2.27. The summed E-state index contributed by atoms with van der Waals surface area (Å²) in [6.45, 7) is 3.92. The molecular weight excluding hydrogens is 264 g/mol. The Balaban J connectivity index is 2.88. The van der Waals surface area contributed by atoms with E-state index in [0.29, 0.717) is 6.54 Å². The molecule has 110 valence electrons. The quantitative estimate of drug-likeness (QED) is 0.463. The number of likely N-dealkylation sites (N-methyl/N-ethyl adjacent to an activating group) is 1. The molecule has 0 amide bonds. The van der Waals surface area contributed by atoms with Crippen molar-refractivity contribution in [2.45, 2.75) is 19.4 Å². The van der Waals surface area contributed by atoms with Crippen LogP contribution in [0.25, 0.3) is 0 Å². The lowest BCUT2D eigenvalue weighted by Crippen LogP contribution is -2.54. The first-order valence-electron chi connectivity index (χ1n) is 6.14. The number of nitro benzene ring substituents is 1. The van der Waals surface area contributed by atoms with Gasteiger partial charge in [-0.1, -0.05) is 19.1 Å². The number of carbonyl (C=O) groups is 1. The summed E-state index contributed by atoms with van der Waals surface area (Å²) in [5.74, 6) is -0.372. The number of ether oxygens (including phenoxy) is 2. The van der Waals surface area contributed by atoms with Gasteiger partial charge in [-0.15, -0.1) is 0 Å². The van der Waals surface area contributed by atoms with Gasteiger partial charge < -0.3 is 9.47 Å². The highest BCUT2D eigenvalue weighted by Crippen LogP contribution is 2.26. The van der Waals surface area contributed by atoms with Crippen LogP contribution in [0.4, 0.5) is 5.69 Å². The zero-order valence-corrected chi connectivity index (χ0v) is 11.7. The van der Waals surface area contributed by atoms with E-state index >= 15 is 0 Å². The normalized spacial score (nSPS) is 13.3. The summed E-state index contributed by atoms with van der Waals surface area (Å²) < 4.78 is 10.2. The summed E-state index contributed by atoms with van der Waals surface area (Å²) in [5.41, 5.74) is -1.20. The topological polar surface area (TPSA) is 90.7 Å². The molecule has 0 saturated heterocycles. The smallest absolute Gasteiger partial charge is 0.329 e. The average molecular weight is 282 g/mol. The maximum absolute atomic E-state index is 11.8. The van der Waals surface area contributed by atoms with Crippen LogP contribution < -0.4 is 10.1 Å². The van der Waals surface area contributed by atoms with Crippen LogP contribution in [0.3, 0.4) is 0 Å². The van der Waals surface area contributed by atoms with Crippen molar-refractivity contribution < 1.29 is 19.2 Å². The number of hydrogen-bond donors (Lipinski definition) is 1. The first-order chi connectivity index (χ1) is 9.44. The molecule has 0 aliphatic heterocycles. The van der Waals surface area contributed by atoms with E-state index in [2.05, 4.69) is 5.32 Å². The molecule has 1 atom stereocenters. The third-order valence-corrected chi connectivity index (χ3v) is 2.78. The molecular formula is C13H18N2O5. The Bertz CT molecular complexity index is 491. The van der Waals surface area contributed by atoms with Crippen molar-refractivity contribution in [2.24, 2.45) is 0 Å². The summed E-state index contributed by atoms with van der Waals surface area (Å²) in [5, 5.41) is 13.8. The van der Waals surface area contributed by atoms with E-state index in [1.165, 1.54) is 19.2 Å². The number of benzene rings is 1. The lowest BCUT2D eigenvalue weighted by atomic mass is 10.0. The van der Waals surface area contributed by atoms with Gasteiger partial charge in [0.1, 0.15) is 12.1 Å². The van der Waals surface area contributed by atoms with Crippen LogP contribution in [0.15, 0.2) is 24.3 Å². The molecule has 1 aromatic carbocycles. The Kier molecular flexibility index (Phi) is 5.45. The second-order valence-corrected chi connectivity index (χ2v) is 4.37. The number of nitrogens with zero attached hydrogens (tertiary/aromatic N) is 1. The molecule has 20 heavy (non-hydrogen) atoms. The van der Waals surface area contributed by atoms with Crippen LogP contribution >= 0.6 is 0 Å². The summed E-state index contributed by atoms with van der Waals surface area (Å²) >= 11 is 0. The van der Waals surface area contributed by atoms with Crippen molar-refractivity contribution in [1.29, 1.82) is 0 Å². The van der Waals surface area contributed by atoms with E-state index in [9.17, 15) is 14.9 Å². The predicted octanol–water partition coefficient (Wildman–Crippen LogP) is 1.51. The Morgan fingerprint density at radius 3 is 2.65 bits per heavy atom. The van der Waals surface area contributed by atoms with E-state index in [-0.39, 0.29) is 18.0 Å². The number of para-hydroxylation sites is 2. The maximum atomic E-state index is 11.8. The van der Waals surface area contributed by atoms with Crippen molar-refractivity contribution in [3.8, 4) is 5.75 Å². The summed E-state index contributed by atoms with van der Waals surface area (Å²) in [6.07, 6.45) is 0. The molecule has 0 aliphatic rings. The standard InChI is InChI=1S/C13H18N2O5/c1-4-14-13(2,12(16)19-3)9-20-11-8-6-5-7-10(11)15(17)18/h5-8,14H,4,9H2,1-3H3. The molecule has 0 aromatic heterocycles. The highest BCUT2D eigenvalue weighted by Gasteiger charge is 2.35. The molecule has 0 bridgehead atoms. The van der Waals surface area contributed by atoms with Crippen molar-refractivity contribution in [2.75, 3.05) is 20.3 Å². The number of methoxy groups -OCH3 is 1. The maximum Gasteiger partial charge on any atom is 0.329 e. The predicted molar refractivity (Wildman–Crippen MR) is 72.7 cm³/mol. The number of nitrogens with one attached hydrogen (secondary N) is 1. The molecule has 1 unspecified atom stereocenters. The van der Waals surface area contributed by atoms with Crippen LogP contribution in [-0.2, 0) is 9.53 Å². The van der Waals surface area contributed by atoms with Gasteiger partial charge >= 0.3 is 11.7 Å². The molecule has 7 nitrogen and oxygen atoms in total. The molecule has 0 radical (unpaired) electrons. The van der Waals surface area contributed by atoms with Gasteiger partial charge in [-0.3, -0.25) is 15.4 Å². The van der Waals surface area contributed by atoms with Crippen molar-refractivity contribution in [1.82, 2.24) is 5.32 Å². The van der Waals surface area contributed by atoms with Gasteiger partial charge in [0.2, 0.25) is 0 Å². The zero-order chi connectivity index (χ0) is 15.2. The van der Waals surface area contributed by atoms with Gasteiger partial charge in [-0.25, -0.2) is 4.79 Å². The molecule has 0 heterocycles. The monoisotopic (exact) mass is 282 g/mol. The second-order valence-electron chi connectivity index (χ2n) is 4.37. The summed E-state index contributed by atoms with van der Waals surface area (Å²) in [6, 6.07) is 6.01. The minimum atomic E-state index is -1.06. The van der Waals surface area contributed by atoms with E-state index in [1.807, 2.05) is 6.92 Å². The molecule has 7 heteroatoms. The van der Waals surface area contributed by atoms with Crippen molar-refractivity contribution in [3.63, 3.8) is 0 Å². The minimum Gasteiger partial charge on any atom is -0.484 e. The first kappa shape index (κ1) is 15.9.